The van der Waals surface area contributed by atoms with Crippen LogP contribution < -0.4 is 21.3 Å². The molecule has 12 heteroatoms. The average molecular weight is 697 g/mol. The maximum Gasteiger partial charge on any atom is 0.294 e. The van der Waals surface area contributed by atoms with Gasteiger partial charge in [-0.05, 0) is 100 Å². The molecule has 0 fully saturated rings. The van der Waals surface area contributed by atoms with E-state index in [1.54, 1.807) is 12.1 Å². The highest BCUT2D eigenvalue weighted by Crippen LogP contribution is 2.30. The second-order valence-corrected chi connectivity index (χ2v) is 11.9. The van der Waals surface area contributed by atoms with Crippen LogP contribution in [0.5, 0.6) is 0 Å². The fraction of sp³-hybridized carbons (Fsp3) is 0.333. The van der Waals surface area contributed by atoms with Gasteiger partial charge in [0.1, 0.15) is 5.69 Å². The third-order valence-corrected chi connectivity index (χ3v) is 8.02. The molecule has 2 amide bonds. The lowest BCUT2D eigenvalue weighted by atomic mass is 10.1. The number of nitrogens with one attached hydrogen (secondary N) is 4. The normalized spacial score (nSPS) is 11.0. The minimum atomic E-state index is -0.483. The number of nitrogens with zero attached hydrogens (tertiary/aromatic N) is 2. The Labute approximate surface area is 299 Å². The lowest BCUT2D eigenvalue weighted by molar-refractivity contribution is -0.383. The quantitative estimate of drug-likeness (QED) is 0.0384. The predicted molar refractivity (Wildman–Crippen MR) is 203 cm³/mol. The first-order valence-electron chi connectivity index (χ1n) is 17.3. The Morgan fingerprint density at radius 3 is 1.73 bits per heavy atom. The van der Waals surface area contributed by atoms with E-state index in [4.69, 9.17) is 9.47 Å². The number of benzene rings is 4. The molecule has 0 aliphatic carbocycles. The lowest BCUT2D eigenvalue weighted by Gasteiger charge is -2.23. The number of carbonyl (C=O) groups excluding carboxylic acids is 2. The van der Waals surface area contributed by atoms with Crippen LogP contribution in [0.1, 0.15) is 45.1 Å². The highest BCUT2D eigenvalue weighted by atomic mass is 16.7. The summed E-state index contributed by atoms with van der Waals surface area (Å²) in [5.41, 5.74) is 4.84. The molecular weight excluding hydrogens is 648 g/mol. The number of hydrogen-bond acceptors (Lipinski definition) is 9. The SMILES string of the molecule is CCOC(CCCN(CCC(=O)Nc1ccc(Nc2ccccc2)c(C)c1)CCC(=O)Nc1ccc(Nc2ccccc2)c([N+](=O)[O-])c1)OCC. The van der Waals surface area contributed by atoms with Crippen LogP contribution in [0.4, 0.5) is 39.8 Å². The molecule has 4 aromatic rings. The van der Waals surface area contributed by atoms with E-state index in [0.29, 0.717) is 62.0 Å². The zero-order valence-corrected chi connectivity index (χ0v) is 29.5. The summed E-state index contributed by atoms with van der Waals surface area (Å²) in [7, 11) is 0. The smallest absolute Gasteiger partial charge is 0.294 e. The zero-order chi connectivity index (χ0) is 36.4. The van der Waals surface area contributed by atoms with Crippen molar-refractivity contribution in [1.29, 1.82) is 0 Å². The van der Waals surface area contributed by atoms with Gasteiger partial charge in [0.15, 0.2) is 6.29 Å². The lowest BCUT2D eigenvalue weighted by Crippen LogP contribution is -2.32. The van der Waals surface area contributed by atoms with Crippen LogP contribution in [0.2, 0.25) is 0 Å². The van der Waals surface area contributed by atoms with Gasteiger partial charge in [0.25, 0.3) is 5.69 Å². The van der Waals surface area contributed by atoms with Crippen molar-refractivity contribution in [1.82, 2.24) is 4.90 Å². The number of anilines is 6. The number of aryl methyl sites for hydroxylation is 1. The number of nitro benzene ring substituents is 1. The van der Waals surface area contributed by atoms with Gasteiger partial charge in [0, 0.05) is 73.6 Å². The van der Waals surface area contributed by atoms with E-state index in [1.165, 1.54) is 6.07 Å². The van der Waals surface area contributed by atoms with Crippen molar-refractivity contribution < 1.29 is 24.0 Å². The Morgan fingerprint density at radius 2 is 1.22 bits per heavy atom. The Morgan fingerprint density at radius 1 is 0.706 bits per heavy atom. The molecule has 0 bridgehead atoms. The summed E-state index contributed by atoms with van der Waals surface area (Å²) in [6.07, 6.45) is 1.46. The maximum absolute atomic E-state index is 13.0. The number of rotatable bonds is 21. The molecule has 4 rings (SSSR count). The zero-order valence-electron chi connectivity index (χ0n) is 29.5. The van der Waals surface area contributed by atoms with Crippen molar-refractivity contribution in [3.8, 4) is 0 Å². The number of amides is 2. The molecule has 0 saturated heterocycles. The van der Waals surface area contributed by atoms with Crippen molar-refractivity contribution in [2.45, 2.75) is 52.7 Å². The van der Waals surface area contributed by atoms with Crippen LogP contribution in [0, 0.1) is 17.0 Å². The van der Waals surface area contributed by atoms with Crippen LogP contribution in [0.25, 0.3) is 0 Å². The first-order valence-corrected chi connectivity index (χ1v) is 17.3. The van der Waals surface area contributed by atoms with Gasteiger partial charge < -0.3 is 35.6 Å². The molecule has 4 N–H and O–H groups in total. The highest BCUT2D eigenvalue weighted by Gasteiger charge is 2.18. The molecule has 0 unspecified atom stereocenters. The standard InChI is InChI=1S/C39H48N6O6/c1-4-50-39(51-5-2)17-12-24-44(25-22-37(46)42-32-18-20-34(29(3)27-32)40-30-13-8-6-9-14-30)26-23-38(47)43-33-19-21-35(36(28-33)45(48)49)41-31-15-10-7-11-16-31/h6-11,13-16,18-21,27-28,39-41H,4-5,12,17,22-26H2,1-3H3,(H,42,46)(H,43,47). The molecule has 0 aliphatic heterocycles. The minimum absolute atomic E-state index is 0.134. The molecule has 0 atom stereocenters. The molecule has 4 aromatic carbocycles. The summed E-state index contributed by atoms with van der Waals surface area (Å²) < 4.78 is 11.4. The third-order valence-electron chi connectivity index (χ3n) is 8.02. The summed E-state index contributed by atoms with van der Waals surface area (Å²) in [5.74, 6) is -0.422. The molecule has 0 aromatic heterocycles. The molecule has 0 radical (unpaired) electrons. The largest absolute Gasteiger partial charge is 0.355 e. The van der Waals surface area contributed by atoms with Gasteiger partial charge in [-0.1, -0.05) is 36.4 Å². The van der Waals surface area contributed by atoms with E-state index in [9.17, 15) is 19.7 Å². The molecule has 12 nitrogen and oxygen atoms in total. The van der Waals surface area contributed by atoms with E-state index >= 15 is 0 Å². The van der Waals surface area contributed by atoms with E-state index < -0.39 is 4.92 Å². The number of para-hydroxylation sites is 2. The Kier molecular flexibility index (Phi) is 15.4. The number of nitro groups is 1. The van der Waals surface area contributed by atoms with Crippen molar-refractivity contribution in [2.75, 3.05) is 54.1 Å². The average Bonchev–Trinajstić information content (AvgIpc) is 3.12. The van der Waals surface area contributed by atoms with Crippen molar-refractivity contribution in [2.24, 2.45) is 0 Å². The van der Waals surface area contributed by atoms with Crippen molar-refractivity contribution in [3.05, 3.63) is 113 Å². The van der Waals surface area contributed by atoms with E-state index in [0.717, 1.165) is 23.4 Å². The Hall–Kier alpha value is -5.30. The molecule has 0 aliphatic rings. The second-order valence-electron chi connectivity index (χ2n) is 11.9. The van der Waals surface area contributed by atoms with Crippen LogP contribution in [-0.4, -0.2) is 60.8 Å². The van der Waals surface area contributed by atoms with Crippen LogP contribution in [-0.2, 0) is 19.1 Å². The molecule has 270 valence electrons. The number of carbonyl (C=O) groups is 2. The topological polar surface area (TPSA) is 147 Å². The predicted octanol–water partition coefficient (Wildman–Crippen LogP) is 8.23. The van der Waals surface area contributed by atoms with Crippen molar-refractivity contribution >= 4 is 51.6 Å². The van der Waals surface area contributed by atoms with Crippen LogP contribution in [0.3, 0.4) is 0 Å². The fourth-order valence-electron chi connectivity index (χ4n) is 5.47. The molecule has 51 heavy (non-hydrogen) atoms. The first-order chi connectivity index (χ1) is 24.7. The van der Waals surface area contributed by atoms with Gasteiger partial charge in [-0.3, -0.25) is 19.7 Å². The monoisotopic (exact) mass is 696 g/mol. The summed E-state index contributed by atoms with van der Waals surface area (Å²) in [6, 6.07) is 29.3. The number of ether oxygens (including phenoxy) is 2. The van der Waals surface area contributed by atoms with Gasteiger partial charge in [0.05, 0.1) is 4.92 Å². The first kappa shape index (κ1) is 38.5. The van der Waals surface area contributed by atoms with E-state index in [1.807, 2.05) is 99.6 Å². The summed E-state index contributed by atoms with van der Waals surface area (Å²) >= 11 is 0. The summed E-state index contributed by atoms with van der Waals surface area (Å²) in [4.78, 5) is 39.5. The van der Waals surface area contributed by atoms with Crippen molar-refractivity contribution in [3.63, 3.8) is 0 Å². The van der Waals surface area contributed by atoms with Crippen LogP contribution in [0.15, 0.2) is 97.1 Å². The molecular formula is C39H48N6O6. The van der Waals surface area contributed by atoms with Crippen LogP contribution >= 0.6 is 0 Å². The van der Waals surface area contributed by atoms with E-state index in [-0.39, 0.29) is 36.6 Å². The van der Waals surface area contributed by atoms with Gasteiger partial charge >= 0.3 is 0 Å². The molecule has 0 saturated carbocycles. The molecule has 0 spiro atoms. The summed E-state index contributed by atoms with van der Waals surface area (Å²) in [5, 5.41) is 24.1. The Bertz CT molecular complexity index is 1700. The summed E-state index contributed by atoms with van der Waals surface area (Å²) in [6.45, 7) is 8.37. The van der Waals surface area contributed by atoms with Gasteiger partial charge in [-0.2, -0.15) is 0 Å². The third kappa shape index (κ3) is 13.2. The van der Waals surface area contributed by atoms with E-state index in [2.05, 4.69) is 26.2 Å². The minimum Gasteiger partial charge on any atom is -0.355 e. The molecule has 0 heterocycles. The highest BCUT2D eigenvalue weighted by molar-refractivity contribution is 5.92. The number of hydrogen-bond donors (Lipinski definition) is 4. The fourth-order valence-corrected chi connectivity index (χ4v) is 5.47. The van der Waals surface area contributed by atoms with Gasteiger partial charge in [0.2, 0.25) is 11.8 Å². The Balaban J connectivity index is 1.34. The van der Waals surface area contributed by atoms with Gasteiger partial charge in [-0.15, -0.1) is 0 Å². The van der Waals surface area contributed by atoms with Gasteiger partial charge in [-0.25, -0.2) is 0 Å². The maximum atomic E-state index is 13.0. The second kappa shape index (κ2) is 20.4.